The van der Waals surface area contributed by atoms with Gasteiger partial charge in [0.15, 0.2) is 0 Å². The Hall–Kier alpha value is -2.40. The maximum atomic E-state index is 5.52. The molecule has 0 unspecified atom stereocenters. The summed E-state index contributed by atoms with van der Waals surface area (Å²) in [4.78, 5) is 9.78. The minimum atomic E-state index is 0.672. The molecule has 130 valence electrons. The van der Waals surface area contributed by atoms with E-state index in [9.17, 15) is 0 Å². The number of ether oxygens (including phenoxy) is 1. The number of thiophene rings is 1. The summed E-state index contributed by atoms with van der Waals surface area (Å²) < 4.78 is 5.52. The first kappa shape index (κ1) is 17.4. The fraction of sp³-hybridized carbons (Fsp3) is 0.300. The van der Waals surface area contributed by atoms with Gasteiger partial charge < -0.3 is 10.1 Å². The van der Waals surface area contributed by atoms with E-state index in [2.05, 4.69) is 47.3 Å². The molecule has 4 nitrogen and oxygen atoms in total. The van der Waals surface area contributed by atoms with Crippen LogP contribution in [0.2, 0.25) is 0 Å². The van der Waals surface area contributed by atoms with Crippen LogP contribution in [0.5, 0.6) is 5.75 Å². The van der Waals surface area contributed by atoms with Gasteiger partial charge in [-0.05, 0) is 43.9 Å². The molecule has 0 radical (unpaired) electrons. The van der Waals surface area contributed by atoms with Crippen molar-refractivity contribution in [2.24, 2.45) is 0 Å². The lowest BCUT2D eigenvalue weighted by Crippen LogP contribution is -2.07. The first-order chi connectivity index (χ1) is 12.2. The summed E-state index contributed by atoms with van der Waals surface area (Å²) in [6.45, 7) is 7.79. The normalized spacial score (nSPS) is 10.7. The van der Waals surface area contributed by atoms with E-state index >= 15 is 0 Å². The third kappa shape index (κ3) is 4.57. The monoisotopic (exact) mass is 353 g/mol. The van der Waals surface area contributed by atoms with Gasteiger partial charge in [0.05, 0.1) is 17.2 Å². The highest BCUT2D eigenvalue weighted by molar-refractivity contribution is 7.13. The van der Waals surface area contributed by atoms with Crippen LogP contribution in [0.3, 0.4) is 0 Å². The third-order valence-corrected chi connectivity index (χ3v) is 5.03. The molecule has 0 fully saturated rings. The summed E-state index contributed by atoms with van der Waals surface area (Å²) in [5.41, 5.74) is 4.92. The Morgan fingerprint density at radius 1 is 1.08 bits per heavy atom. The smallest absolute Gasteiger partial charge is 0.130 e. The zero-order chi connectivity index (χ0) is 17.6. The van der Waals surface area contributed by atoms with Crippen LogP contribution in [-0.4, -0.2) is 23.1 Å². The van der Waals surface area contributed by atoms with Crippen molar-refractivity contribution in [3.63, 3.8) is 0 Å². The van der Waals surface area contributed by atoms with Crippen molar-refractivity contribution in [2.45, 2.75) is 27.2 Å². The molecule has 0 spiro atoms. The van der Waals surface area contributed by atoms with Crippen LogP contribution >= 0.6 is 11.3 Å². The minimum absolute atomic E-state index is 0.672. The Bertz CT molecular complexity index is 844. The summed E-state index contributed by atoms with van der Waals surface area (Å²) in [6, 6.07) is 10.6. The standard InChI is InChI=1S/C20H23N3OS/c1-4-24-17-10-19(25-12-17)18-11-20(23-13-22-18)21-8-7-16-6-5-14(2)15(3)9-16/h5-6,9-13H,4,7-8H2,1-3H3,(H,21,22,23). The fourth-order valence-electron chi connectivity index (χ4n) is 2.58. The highest BCUT2D eigenvalue weighted by Gasteiger charge is 2.06. The molecule has 5 heteroatoms. The Balaban J connectivity index is 1.62. The first-order valence-electron chi connectivity index (χ1n) is 8.49. The minimum Gasteiger partial charge on any atom is -0.493 e. The molecular weight excluding hydrogens is 330 g/mol. The predicted octanol–water partition coefficient (Wildman–Crippen LogP) is 4.88. The summed E-state index contributed by atoms with van der Waals surface area (Å²) >= 11 is 1.63. The van der Waals surface area contributed by atoms with Crippen molar-refractivity contribution in [2.75, 3.05) is 18.5 Å². The Morgan fingerprint density at radius 3 is 2.76 bits per heavy atom. The van der Waals surface area contributed by atoms with Gasteiger partial charge in [-0.2, -0.15) is 0 Å². The second-order valence-electron chi connectivity index (χ2n) is 5.96. The molecule has 0 atom stereocenters. The SMILES string of the molecule is CCOc1csc(-c2cc(NCCc3ccc(C)c(C)c3)ncn2)c1. The van der Waals surface area contributed by atoms with Crippen molar-refractivity contribution in [3.8, 4) is 16.3 Å². The quantitative estimate of drug-likeness (QED) is 0.658. The number of anilines is 1. The van der Waals surface area contributed by atoms with Gasteiger partial charge in [-0.15, -0.1) is 11.3 Å². The van der Waals surface area contributed by atoms with Crippen LogP contribution in [0.15, 0.2) is 42.0 Å². The van der Waals surface area contributed by atoms with E-state index in [1.807, 2.05) is 24.4 Å². The molecule has 25 heavy (non-hydrogen) atoms. The van der Waals surface area contributed by atoms with Gasteiger partial charge in [-0.25, -0.2) is 9.97 Å². The molecule has 0 aliphatic carbocycles. The lowest BCUT2D eigenvalue weighted by atomic mass is 10.0. The number of rotatable bonds is 7. The highest BCUT2D eigenvalue weighted by atomic mass is 32.1. The largest absolute Gasteiger partial charge is 0.493 e. The number of nitrogens with one attached hydrogen (secondary N) is 1. The van der Waals surface area contributed by atoms with E-state index in [1.54, 1.807) is 17.7 Å². The van der Waals surface area contributed by atoms with Crippen LogP contribution in [0.4, 0.5) is 5.82 Å². The van der Waals surface area contributed by atoms with Crippen LogP contribution < -0.4 is 10.1 Å². The zero-order valence-electron chi connectivity index (χ0n) is 14.9. The van der Waals surface area contributed by atoms with Gasteiger partial charge in [0.25, 0.3) is 0 Å². The van der Waals surface area contributed by atoms with Gasteiger partial charge in [0.1, 0.15) is 17.9 Å². The number of benzene rings is 1. The molecule has 1 aromatic carbocycles. The average Bonchev–Trinajstić information content (AvgIpc) is 3.07. The number of nitrogens with zero attached hydrogens (tertiary/aromatic N) is 2. The molecule has 2 heterocycles. The summed E-state index contributed by atoms with van der Waals surface area (Å²) in [5.74, 6) is 1.74. The topological polar surface area (TPSA) is 47.0 Å². The van der Waals surface area contributed by atoms with E-state index < -0.39 is 0 Å². The predicted molar refractivity (Wildman–Crippen MR) is 105 cm³/mol. The molecule has 3 aromatic rings. The van der Waals surface area contributed by atoms with Crippen LogP contribution in [0.25, 0.3) is 10.6 Å². The molecule has 0 amide bonds. The van der Waals surface area contributed by atoms with Gasteiger partial charge in [0, 0.05) is 24.1 Å². The molecule has 3 rings (SSSR count). The number of aromatic nitrogens is 2. The van der Waals surface area contributed by atoms with Crippen LogP contribution in [0, 0.1) is 13.8 Å². The van der Waals surface area contributed by atoms with E-state index in [-0.39, 0.29) is 0 Å². The lowest BCUT2D eigenvalue weighted by Gasteiger charge is -2.08. The maximum Gasteiger partial charge on any atom is 0.130 e. The fourth-order valence-corrected chi connectivity index (χ4v) is 3.37. The van der Waals surface area contributed by atoms with Crippen molar-refractivity contribution in [1.29, 1.82) is 0 Å². The van der Waals surface area contributed by atoms with Gasteiger partial charge in [-0.3, -0.25) is 0 Å². The number of hydrogen-bond donors (Lipinski definition) is 1. The van der Waals surface area contributed by atoms with Crippen molar-refractivity contribution in [3.05, 3.63) is 58.7 Å². The Labute approximate surface area is 152 Å². The van der Waals surface area contributed by atoms with Gasteiger partial charge in [-0.1, -0.05) is 18.2 Å². The molecule has 1 N–H and O–H groups in total. The first-order valence-corrected chi connectivity index (χ1v) is 9.37. The molecule has 0 aliphatic rings. The van der Waals surface area contributed by atoms with Crippen LogP contribution in [0.1, 0.15) is 23.6 Å². The van der Waals surface area contributed by atoms with Crippen LogP contribution in [-0.2, 0) is 6.42 Å². The second kappa shape index (κ2) is 8.12. The highest BCUT2D eigenvalue weighted by Crippen LogP contribution is 2.30. The Kier molecular flexibility index (Phi) is 5.66. The van der Waals surface area contributed by atoms with E-state index in [1.165, 1.54) is 16.7 Å². The van der Waals surface area contributed by atoms with E-state index in [0.717, 1.165) is 35.1 Å². The molecule has 0 saturated heterocycles. The summed E-state index contributed by atoms with van der Waals surface area (Å²) in [6.07, 6.45) is 2.57. The second-order valence-corrected chi connectivity index (χ2v) is 6.87. The molecular formula is C20H23N3OS. The molecule has 0 aliphatic heterocycles. The lowest BCUT2D eigenvalue weighted by molar-refractivity contribution is 0.342. The van der Waals surface area contributed by atoms with E-state index in [0.29, 0.717) is 6.61 Å². The van der Waals surface area contributed by atoms with Gasteiger partial charge >= 0.3 is 0 Å². The van der Waals surface area contributed by atoms with Crippen molar-refractivity contribution < 1.29 is 4.74 Å². The number of hydrogen-bond acceptors (Lipinski definition) is 5. The van der Waals surface area contributed by atoms with Crippen molar-refractivity contribution >= 4 is 17.2 Å². The summed E-state index contributed by atoms with van der Waals surface area (Å²) in [5, 5.41) is 5.40. The third-order valence-electron chi connectivity index (χ3n) is 4.10. The zero-order valence-corrected chi connectivity index (χ0v) is 15.7. The maximum absolute atomic E-state index is 5.52. The molecule has 0 bridgehead atoms. The molecule has 0 saturated carbocycles. The summed E-state index contributed by atoms with van der Waals surface area (Å²) in [7, 11) is 0. The average molecular weight is 353 g/mol. The molecule has 2 aromatic heterocycles. The number of aryl methyl sites for hydroxylation is 2. The van der Waals surface area contributed by atoms with Gasteiger partial charge in [0.2, 0.25) is 0 Å². The Morgan fingerprint density at radius 2 is 1.96 bits per heavy atom. The van der Waals surface area contributed by atoms with E-state index in [4.69, 9.17) is 4.74 Å². The van der Waals surface area contributed by atoms with Crippen molar-refractivity contribution in [1.82, 2.24) is 9.97 Å².